The average molecular weight is 333 g/mol. The highest BCUT2D eigenvalue weighted by atomic mass is 32.2. The lowest BCUT2D eigenvalue weighted by molar-refractivity contribution is -0.135. The summed E-state index contributed by atoms with van der Waals surface area (Å²) in [6.45, 7) is 0.405. The maximum absolute atomic E-state index is 11.0. The van der Waals surface area contributed by atoms with Gasteiger partial charge in [-0.25, -0.2) is 13.2 Å². The van der Waals surface area contributed by atoms with Gasteiger partial charge in [0.1, 0.15) is 12.4 Å². The highest BCUT2D eigenvalue weighted by Gasteiger charge is 2.18. The molecule has 1 N–H and O–H groups in total. The van der Waals surface area contributed by atoms with E-state index in [-0.39, 0.29) is 5.04 Å². The Morgan fingerprint density at radius 1 is 1.33 bits per heavy atom. The summed E-state index contributed by atoms with van der Waals surface area (Å²) in [6.07, 6.45) is 1.18. The molecule has 116 valence electrons. The van der Waals surface area contributed by atoms with E-state index in [9.17, 15) is 13.2 Å². The number of methoxy groups -OCH3 is 1. The molecule has 1 aliphatic rings. The molecule has 0 amide bonds. The fourth-order valence-electron chi connectivity index (χ4n) is 1.29. The summed E-state index contributed by atoms with van der Waals surface area (Å²) in [6, 6.07) is 6.29. The van der Waals surface area contributed by atoms with Gasteiger partial charge < -0.3 is 14.7 Å². The Labute approximate surface area is 126 Å². The number of rotatable bonds is 2. The molecule has 1 saturated heterocycles. The number of cyclic esters (lactones) is 1. The second-order valence-electron chi connectivity index (χ2n) is 3.84. The van der Waals surface area contributed by atoms with Crippen LogP contribution in [0.3, 0.4) is 0 Å². The summed E-state index contributed by atoms with van der Waals surface area (Å²) in [4.78, 5) is 10.8. The number of carbonyl (C=O) groups is 1. The monoisotopic (exact) mass is 333 g/mol. The Morgan fingerprint density at radius 3 is 2.33 bits per heavy atom. The van der Waals surface area contributed by atoms with Crippen molar-refractivity contribution in [3.63, 3.8) is 0 Å². The van der Waals surface area contributed by atoms with Crippen LogP contribution in [0.1, 0.15) is 0 Å². The summed E-state index contributed by atoms with van der Waals surface area (Å²) in [5, 5.41) is 10.9. The minimum Gasteiger partial charge on any atom is -0.497 e. The molecule has 1 aromatic rings. The van der Waals surface area contributed by atoms with Crippen LogP contribution in [0.15, 0.2) is 34.3 Å². The van der Waals surface area contributed by atoms with E-state index < -0.39 is 15.8 Å². The van der Waals surface area contributed by atoms with Crippen LogP contribution >= 0.6 is 11.8 Å². The van der Waals surface area contributed by atoms with Crippen LogP contribution in [0, 0.1) is 0 Å². The summed E-state index contributed by atoms with van der Waals surface area (Å²) >= 11 is 1.20. The number of carbonyl (C=O) groups excluding carboxylic acids is 1. The zero-order valence-corrected chi connectivity index (χ0v) is 13.1. The standard InChI is InChI=1S/C8H10O3S.C4H5NO3S/c1-11-7-3-5-8(6-4-7)12(2,9)10;6-4-3(5-7)9-2-1-8-4/h3-6H,1-2H3;7H,1-2H2/b;5-3-. The van der Waals surface area contributed by atoms with Gasteiger partial charge in [-0.05, 0) is 24.3 Å². The van der Waals surface area contributed by atoms with Crippen LogP contribution < -0.4 is 4.74 Å². The van der Waals surface area contributed by atoms with Crippen LogP contribution in [-0.4, -0.2) is 50.4 Å². The number of sulfone groups is 1. The predicted octanol–water partition coefficient (Wildman–Crippen LogP) is 1.16. The fourth-order valence-corrected chi connectivity index (χ4v) is 2.51. The number of nitrogens with zero attached hydrogens (tertiary/aromatic N) is 1. The van der Waals surface area contributed by atoms with E-state index in [1.54, 1.807) is 12.1 Å². The van der Waals surface area contributed by atoms with Crippen molar-refractivity contribution < 1.29 is 27.9 Å². The van der Waals surface area contributed by atoms with E-state index in [2.05, 4.69) is 9.89 Å². The normalized spacial score (nSPS) is 16.7. The fraction of sp³-hybridized carbons (Fsp3) is 0.333. The third-order valence-electron chi connectivity index (χ3n) is 2.31. The molecular weight excluding hydrogens is 318 g/mol. The molecule has 1 heterocycles. The molecule has 21 heavy (non-hydrogen) atoms. The van der Waals surface area contributed by atoms with Crippen LogP contribution in [0.5, 0.6) is 5.75 Å². The number of thioether (sulfide) groups is 1. The number of hydrogen-bond acceptors (Lipinski definition) is 8. The molecular formula is C12H15NO6S2. The van der Waals surface area contributed by atoms with Crippen LogP contribution in [0.2, 0.25) is 0 Å². The van der Waals surface area contributed by atoms with E-state index in [0.717, 1.165) is 0 Å². The van der Waals surface area contributed by atoms with E-state index in [1.165, 1.54) is 37.3 Å². The van der Waals surface area contributed by atoms with Crippen LogP contribution in [-0.2, 0) is 19.4 Å². The molecule has 0 unspecified atom stereocenters. The van der Waals surface area contributed by atoms with Gasteiger partial charge in [-0.15, -0.1) is 0 Å². The van der Waals surface area contributed by atoms with Crippen LogP contribution in [0.25, 0.3) is 0 Å². The molecule has 1 aliphatic heterocycles. The molecule has 0 spiro atoms. The van der Waals surface area contributed by atoms with Crippen molar-refractivity contribution in [3.8, 4) is 5.75 Å². The number of benzene rings is 1. The van der Waals surface area contributed by atoms with Crippen molar-refractivity contribution in [3.05, 3.63) is 24.3 Å². The van der Waals surface area contributed by atoms with Gasteiger partial charge in [-0.1, -0.05) is 16.9 Å². The summed E-state index contributed by atoms with van der Waals surface area (Å²) in [5.41, 5.74) is 0. The second kappa shape index (κ2) is 7.89. The third-order valence-corrected chi connectivity index (χ3v) is 4.33. The number of hydrogen-bond donors (Lipinski definition) is 1. The van der Waals surface area contributed by atoms with Gasteiger partial charge in [0.25, 0.3) is 0 Å². The minimum atomic E-state index is -3.08. The molecule has 0 bridgehead atoms. The van der Waals surface area contributed by atoms with Gasteiger partial charge in [-0.3, -0.25) is 0 Å². The lowest BCUT2D eigenvalue weighted by Gasteiger charge is -2.09. The van der Waals surface area contributed by atoms with Crippen molar-refractivity contribution in [1.82, 2.24) is 0 Å². The zero-order chi connectivity index (χ0) is 15.9. The molecule has 0 aromatic heterocycles. The van der Waals surface area contributed by atoms with Gasteiger partial charge in [-0.2, -0.15) is 0 Å². The molecule has 0 aliphatic carbocycles. The van der Waals surface area contributed by atoms with E-state index >= 15 is 0 Å². The molecule has 2 rings (SSSR count). The summed E-state index contributed by atoms with van der Waals surface area (Å²) in [7, 11) is -1.55. The van der Waals surface area contributed by atoms with Gasteiger partial charge in [0.2, 0.25) is 5.04 Å². The maximum atomic E-state index is 11.0. The maximum Gasteiger partial charge on any atom is 0.367 e. The van der Waals surface area contributed by atoms with Gasteiger partial charge in [0, 0.05) is 12.0 Å². The predicted molar refractivity (Wildman–Crippen MR) is 78.7 cm³/mol. The average Bonchev–Trinajstić information content (AvgIpc) is 2.47. The van der Waals surface area contributed by atoms with Crippen molar-refractivity contribution in [2.75, 3.05) is 25.7 Å². The highest BCUT2D eigenvalue weighted by molar-refractivity contribution is 8.15. The summed E-state index contributed by atoms with van der Waals surface area (Å²) < 4.78 is 31.4. The minimum absolute atomic E-state index is 0.0428. The lowest BCUT2D eigenvalue weighted by atomic mass is 10.3. The second-order valence-corrected chi connectivity index (χ2v) is 6.94. The molecule has 9 heteroatoms. The Bertz CT molecular complexity index is 609. The Morgan fingerprint density at radius 2 is 1.95 bits per heavy atom. The zero-order valence-electron chi connectivity index (χ0n) is 11.5. The van der Waals surface area contributed by atoms with E-state index in [0.29, 0.717) is 23.0 Å². The largest absolute Gasteiger partial charge is 0.497 e. The first-order valence-corrected chi connectivity index (χ1v) is 8.62. The molecule has 0 atom stereocenters. The first-order chi connectivity index (χ1) is 9.88. The SMILES string of the molecule is COc1ccc(S(C)(=O)=O)cc1.O=C1OCCS/C1=N\O. The first-order valence-electron chi connectivity index (χ1n) is 5.74. The van der Waals surface area contributed by atoms with Gasteiger partial charge in [0.15, 0.2) is 9.84 Å². The topological polar surface area (TPSA) is 102 Å². The quantitative estimate of drug-likeness (QED) is 0.492. The summed E-state index contributed by atoms with van der Waals surface area (Å²) in [5.74, 6) is 0.793. The molecule has 1 fully saturated rings. The van der Waals surface area contributed by atoms with Crippen LogP contribution in [0.4, 0.5) is 0 Å². The van der Waals surface area contributed by atoms with Crippen molar-refractivity contribution >= 4 is 32.6 Å². The smallest absolute Gasteiger partial charge is 0.367 e. The lowest BCUT2D eigenvalue weighted by Crippen LogP contribution is -2.22. The van der Waals surface area contributed by atoms with E-state index in [1.807, 2.05) is 0 Å². The Balaban J connectivity index is 0.000000219. The Kier molecular flexibility index (Phi) is 6.50. The van der Waals surface area contributed by atoms with Gasteiger partial charge >= 0.3 is 5.97 Å². The van der Waals surface area contributed by atoms with Gasteiger partial charge in [0.05, 0.1) is 12.0 Å². The molecule has 7 nitrogen and oxygen atoms in total. The van der Waals surface area contributed by atoms with Crippen molar-refractivity contribution in [2.24, 2.45) is 5.16 Å². The molecule has 0 saturated carbocycles. The molecule has 1 aromatic carbocycles. The van der Waals surface area contributed by atoms with E-state index in [4.69, 9.17) is 9.94 Å². The van der Waals surface area contributed by atoms with Crippen molar-refractivity contribution in [1.29, 1.82) is 0 Å². The van der Waals surface area contributed by atoms with Crippen molar-refractivity contribution in [2.45, 2.75) is 4.90 Å². The first kappa shape index (κ1) is 17.3. The highest BCUT2D eigenvalue weighted by Crippen LogP contribution is 2.14. The molecule has 0 radical (unpaired) electrons. The number of esters is 1. The Hall–Kier alpha value is -1.74. The third kappa shape index (κ3) is 5.64. The number of oxime groups is 1. The number of ether oxygens (including phenoxy) is 2.